The molecule has 0 unspecified atom stereocenters. The predicted molar refractivity (Wildman–Crippen MR) is 87.8 cm³/mol. The molecule has 0 spiro atoms. The number of fused-ring (bicyclic) bond motifs is 3. The van der Waals surface area contributed by atoms with E-state index in [0.29, 0.717) is 22.8 Å². The standard InChI is InChI=1S/C20H28O3/c1-19(2)7-4-8-20(3)16(19)6-5-13-17(15-11-23-15)12(10-21)9-14(22)18(13)20/h9-10,13,15-18H,4-8,11H2,1-3H3/t13-,15-,16-,17+,18+,20-/m1/s1. The lowest BCUT2D eigenvalue weighted by Crippen LogP contribution is -2.56. The summed E-state index contributed by atoms with van der Waals surface area (Å²) in [4.78, 5) is 24.5. The number of carbonyl (C=O) groups excluding carboxylic acids is 2. The number of hydrogen-bond donors (Lipinski definition) is 0. The molecule has 0 amide bonds. The number of hydrogen-bond acceptors (Lipinski definition) is 3. The van der Waals surface area contributed by atoms with E-state index in [0.717, 1.165) is 25.7 Å². The van der Waals surface area contributed by atoms with Crippen LogP contribution in [0.2, 0.25) is 0 Å². The molecule has 1 heterocycles. The van der Waals surface area contributed by atoms with Gasteiger partial charge in [0.1, 0.15) is 6.29 Å². The Bertz CT molecular complexity index is 571. The normalized spacial score (nSPS) is 48.0. The molecule has 4 aliphatic rings. The lowest BCUT2D eigenvalue weighted by molar-refractivity contribution is -0.147. The largest absolute Gasteiger partial charge is 0.372 e. The van der Waals surface area contributed by atoms with Gasteiger partial charge in [-0.05, 0) is 54.4 Å². The maximum Gasteiger partial charge on any atom is 0.160 e. The van der Waals surface area contributed by atoms with Crippen molar-refractivity contribution >= 4 is 12.1 Å². The molecule has 4 rings (SSSR count). The number of ether oxygens (including phenoxy) is 1. The number of rotatable bonds is 2. The summed E-state index contributed by atoms with van der Waals surface area (Å²) in [6.07, 6.45) is 8.62. The van der Waals surface area contributed by atoms with Gasteiger partial charge in [-0.25, -0.2) is 0 Å². The molecular weight excluding hydrogens is 288 g/mol. The summed E-state index contributed by atoms with van der Waals surface area (Å²) >= 11 is 0. The molecule has 23 heavy (non-hydrogen) atoms. The van der Waals surface area contributed by atoms with Crippen molar-refractivity contribution in [1.82, 2.24) is 0 Å². The second-order valence-electron chi connectivity index (χ2n) is 9.18. The summed E-state index contributed by atoms with van der Waals surface area (Å²) in [5.74, 6) is 1.35. The minimum absolute atomic E-state index is 0.0822. The van der Waals surface area contributed by atoms with Crippen molar-refractivity contribution in [3.05, 3.63) is 11.6 Å². The third-order valence-corrected chi connectivity index (χ3v) is 7.56. The van der Waals surface area contributed by atoms with Gasteiger partial charge >= 0.3 is 0 Å². The number of aldehydes is 1. The fourth-order valence-electron chi connectivity index (χ4n) is 6.66. The SMILES string of the molecule is CC1(C)CCC[C@@]2(C)[C@@H]3C(=O)C=C(C=O)[C@H]([C@H]4CO4)[C@H]3CC[C@H]12. The average molecular weight is 316 g/mol. The molecule has 6 atom stereocenters. The van der Waals surface area contributed by atoms with E-state index in [1.54, 1.807) is 6.08 Å². The summed E-state index contributed by atoms with van der Waals surface area (Å²) in [7, 11) is 0. The van der Waals surface area contributed by atoms with Crippen molar-refractivity contribution in [2.45, 2.75) is 59.0 Å². The monoisotopic (exact) mass is 316 g/mol. The van der Waals surface area contributed by atoms with Crippen LogP contribution >= 0.6 is 0 Å². The fraction of sp³-hybridized carbons (Fsp3) is 0.800. The van der Waals surface area contributed by atoms with Gasteiger partial charge in [-0.15, -0.1) is 0 Å². The van der Waals surface area contributed by atoms with Crippen LogP contribution in [0.4, 0.5) is 0 Å². The number of ketones is 1. The van der Waals surface area contributed by atoms with Crippen molar-refractivity contribution in [3.63, 3.8) is 0 Å². The van der Waals surface area contributed by atoms with Gasteiger partial charge in [0.15, 0.2) is 5.78 Å². The second kappa shape index (κ2) is 5.02. The Kier molecular flexibility index (Phi) is 3.39. The van der Waals surface area contributed by atoms with Gasteiger partial charge in [0.25, 0.3) is 0 Å². The van der Waals surface area contributed by atoms with Crippen molar-refractivity contribution in [2.24, 2.45) is 34.5 Å². The molecular formula is C20H28O3. The van der Waals surface area contributed by atoms with Crippen molar-refractivity contribution < 1.29 is 14.3 Å². The maximum absolute atomic E-state index is 13.0. The van der Waals surface area contributed by atoms with Gasteiger partial charge in [0.2, 0.25) is 0 Å². The molecule has 3 nitrogen and oxygen atoms in total. The smallest absolute Gasteiger partial charge is 0.160 e. The molecule has 126 valence electrons. The van der Waals surface area contributed by atoms with E-state index in [1.165, 1.54) is 19.3 Å². The Balaban J connectivity index is 1.76. The topological polar surface area (TPSA) is 46.7 Å². The summed E-state index contributed by atoms with van der Waals surface area (Å²) in [5.41, 5.74) is 1.09. The van der Waals surface area contributed by atoms with Crippen molar-refractivity contribution in [2.75, 3.05) is 6.61 Å². The molecule has 0 bridgehead atoms. The molecule has 0 N–H and O–H groups in total. The van der Waals surface area contributed by atoms with E-state index < -0.39 is 0 Å². The van der Waals surface area contributed by atoms with Gasteiger partial charge in [0, 0.05) is 17.4 Å². The Morgan fingerprint density at radius 1 is 1.22 bits per heavy atom. The summed E-state index contributed by atoms with van der Waals surface area (Å²) in [6, 6.07) is 0. The highest BCUT2D eigenvalue weighted by molar-refractivity contribution is 5.99. The Morgan fingerprint density at radius 3 is 2.61 bits per heavy atom. The van der Waals surface area contributed by atoms with Gasteiger partial charge in [-0.3, -0.25) is 9.59 Å². The van der Waals surface area contributed by atoms with Crippen LogP contribution in [-0.2, 0) is 14.3 Å². The highest BCUT2D eigenvalue weighted by Gasteiger charge is 2.60. The Labute approximate surface area is 138 Å². The lowest BCUT2D eigenvalue weighted by atomic mass is 9.43. The van der Waals surface area contributed by atoms with Crippen molar-refractivity contribution in [1.29, 1.82) is 0 Å². The number of allylic oxidation sites excluding steroid dienone is 1. The number of epoxide rings is 1. The van der Waals surface area contributed by atoms with Crippen LogP contribution in [0, 0.1) is 34.5 Å². The first kappa shape index (κ1) is 15.6. The average Bonchev–Trinajstić information content (AvgIpc) is 3.29. The quantitative estimate of drug-likeness (QED) is 0.578. The van der Waals surface area contributed by atoms with Gasteiger partial charge < -0.3 is 4.74 Å². The molecule has 3 fully saturated rings. The molecule has 0 aromatic heterocycles. The van der Waals surface area contributed by atoms with Crippen LogP contribution in [0.15, 0.2) is 11.6 Å². The zero-order valence-corrected chi connectivity index (χ0v) is 14.5. The fourth-order valence-corrected chi connectivity index (χ4v) is 6.66. The van der Waals surface area contributed by atoms with Gasteiger partial charge in [0.05, 0.1) is 12.7 Å². The molecule has 0 aromatic rings. The highest BCUT2D eigenvalue weighted by Crippen LogP contribution is 2.64. The molecule has 3 aliphatic carbocycles. The molecule has 2 saturated carbocycles. The van der Waals surface area contributed by atoms with Gasteiger partial charge in [-0.1, -0.05) is 27.2 Å². The first-order valence-electron chi connectivity index (χ1n) is 9.21. The van der Waals surface area contributed by atoms with E-state index in [-0.39, 0.29) is 29.1 Å². The highest BCUT2D eigenvalue weighted by atomic mass is 16.6. The first-order valence-corrected chi connectivity index (χ1v) is 9.21. The number of carbonyl (C=O) groups is 2. The van der Waals surface area contributed by atoms with E-state index in [2.05, 4.69) is 20.8 Å². The zero-order valence-electron chi connectivity index (χ0n) is 14.5. The third kappa shape index (κ3) is 2.19. The lowest BCUT2D eigenvalue weighted by Gasteiger charge is -2.60. The van der Waals surface area contributed by atoms with Crippen LogP contribution in [0.5, 0.6) is 0 Å². The van der Waals surface area contributed by atoms with E-state index in [4.69, 9.17) is 4.74 Å². The molecule has 1 saturated heterocycles. The second-order valence-corrected chi connectivity index (χ2v) is 9.18. The molecule has 0 aromatic carbocycles. The zero-order chi connectivity index (χ0) is 16.4. The van der Waals surface area contributed by atoms with E-state index in [9.17, 15) is 9.59 Å². The molecule has 3 heteroatoms. The van der Waals surface area contributed by atoms with Crippen molar-refractivity contribution in [3.8, 4) is 0 Å². The summed E-state index contributed by atoms with van der Waals surface area (Å²) in [6.45, 7) is 7.88. The predicted octanol–water partition coefficient (Wildman–Crippen LogP) is 3.57. The maximum atomic E-state index is 13.0. The molecule has 1 aliphatic heterocycles. The molecule has 0 radical (unpaired) electrons. The van der Waals surface area contributed by atoms with Crippen LogP contribution in [0.25, 0.3) is 0 Å². The Hall–Kier alpha value is -0.960. The van der Waals surface area contributed by atoms with E-state index >= 15 is 0 Å². The summed E-state index contributed by atoms with van der Waals surface area (Å²) < 4.78 is 5.56. The van der Waals surface area contributed by atoms with Crippen LogP contribution in [0.3, 0.4) is 0 Å². The van der Waals surface area contributed by atoms with Crippen LogP contribution in [0.1, 0.15) is 52.9 Å². The van der Waals surface area contributed by atoms with E-state index in [1.807, 2.05) is 0 Å². The Morgan fingerprint density at radius 2 is 1.96 bits per heavy atom. The van der Waals surface area contributed by atoms with Crippen LogP contribution in [-0.4, -0.2) is 24.8 Å². The summed E-state index contributed by atoms with van der Waals surface area (Å²) in [5, 5.41) is 0. The van der Waals surface area contributed by atoms with Gasteiger partial charge in [-0.2, -0.15) is 0 Å². The third-order valence-electron chi connectivity index (χ3n) is 7.56. The minimum Gasteiger partial charge on any atom is -0.372 e. The first-order chi connectivity index (χ1) is 10.9. The minimum atomic E-state index is 0.0822. The van der Waals surface area contributed by atoms with Crippen LogP contribution < -0.4 is 0 Å².